The Morgan fingerprint density at radius 2 is 1.79 bits per heavy atom. The molecule has 3 nitrogen and oxygen atoms in total. The van der Waals surface area contributed by atoms with E-state index in [0.29, 0.717) is 16.6 Å². The average Bonchev–Trinajstić information content (AvgIpc) is 2.80. The standard InChI is InChI=1S/C14H11Cl2N3/c15-10-6-12-13(7-11(10)16)19-14(18-12)8-17-9-4-2-1-3-5-9/h1-7,17H,8H2,(H,18,19). The van der Waals surface area contributed by atoms with E-state index >= 15 is 0 Å². The number of benzene rings is 2. The molecule has 3 aromatic rings. The molecule has 0 bridgehead atoms. The molecular formula is C14H11Cl2N3. The van der Waals surface area contributed by atoms with Crippen molar-refractivity contribution >= 4 is 39.9 Å². The maximum Gasteiger partial charge on any atom is 0.126 e. The number of imidazole rings is 1. The molecule has 0 aliphatic heterocycles. The highest BCUT2D eigenvalue weighted by Gasteiger charge is 2.06. The summed E-state index contributed by atoms with van der Waals surface area (Å²) in [6, 6.07) is 13.5. The van der Waals surface area contributed by atoms with Crippen LogP contribution in [0, 0.1) is 0 Å². The smallest absolute Gasteiger partial charge is 0.126 e. The van der Waals surface area contributed by atoms with Gasteiger partial charge >= 0.3 is 0 Å². The molecule has 0 radical (unpaired) electrons. The highest BCUT2D eigenvalue weighted by atomic mass is 35.5. The SMILES string of the molecule is Clc1cc2nc(CNc3ccccc3)[nH]c2cc1Cl. The Kier molecular flexibility index (Phi) is 3.32. The van der Waals surface area contributed by atoms with Crippen LogP contribution in [0.1, 0.15) is 5.82 Å². The van der Waals surface area contributed by atoms with E-state index < -0.39 is 0 Å². The van der Waals surface area contributed by atoms with Crippen molar-refractivity contribution in [1.82, 2.24) is 9.97 Å². The lowest BCUT2D eigenvalue weighted by molar-refractivity contribution is 1.01. The number of para-hydroxylation sites is 1. The molecule has 0 amide bonds. The Morgan fingerprint density at radius 3 is 2.58 bits per heavy atom. The van der Waals surface area contributed by atoms with Crippen molar-refractivity contribution in [2.75, 3.05) is 5.32 Å². The summed E-state index contributed by atoms with van der Waals surface area (Å²) in [7, 11) is 0. The molecule has 0 fully saturated rings. The number of aromatic nitrogens is 2. The third kappa shape index (κ3) is 2.67. The lowest BCUT2D eigenvalue weighted by atomic mass is 10.3. The van der Waals surface area contributed by atoms with E-state index in [2.05, 4.69) is 15.3 Å². The average molecular weight is 292 g/mol. The first kappa shape index (κ1) is 12.3. The Hall–Kier alpha value is -1.71. The first-order valence-corrected chi connectivity index (χ1v) is 6.60. The second-order valence-electron chi connectivity index (χ2n) is 4.19. The number of aromatic amines is 1. The number of nitrogens with one attached hydrogen (secondary N) is 2. The molecule has 1 heterocycles. The van der Waals surface area contributed by atoms with Gasteiger partial charge in [-0.05, 0) is 24.3 Å². The van der Waals surface area contributed by atoms with E-state index in [-0.39, 0.29) is 0 Å². The topological polar surface area (TPSA) is 40.7 Å². The van der Waals surface area contributed by atoms with Crippen LogP contribution in [-0.2, 0) is 6.54 Å². The maximum atomic E-state index is 5.97. The molecule has 19 heavy (non-hydrogen) atoms. The van der Waals surface area contributed by atoms with Gasteiger partial charge < -0.3 is 10.3 Å². The number of hydrogen-bond acceptors (Lipinski definition) is 2. The quantitative estimate of drug-likeness (QED) is 0.747. The number of rotatable bonds is 3. The van der Waals surface area contributed by atoms with Crippen molar-refractivity contribution in [1.29, 1.82) is 0 Å². The summed E-state index contributed by atoms with van der Waals surface area (Å²) in [5.74, 6) is 0.845. The zero-order valence-corrected chi connectivity index (χ0v) is 11.5. The van der Waals surface area contributed by atoms with E-state index in [9.17, 15) is 0 Å². The molecule has 0 unspecified atom stereocenters. The lowest BCUT2D eigenvalue weighted by Crippen LogP contribution is -2.00. The van der Waals surface area contributed by atoms with E-state index in [4.69, 9.17) is 23.2 Å². The summed E-state index contributed by atoms with van der Waals surface area (Å²) < 4.78 is 0. The van der Waals surface area contributed by atoms with E-state index in [1.807, 2.05) is 30.3 Å². The van der Waals surface area contributed by atoms with Gasteiger partial charge in [0.05, 0.1) is 27.6 Å². The number of fused-ring (bicyclic) bond motifs is 1. The van der Waals surface area contributed by atoms with Crippen molar-refractivity contribution in [2.24, 2.45) is 0 Å². The fraction of sp³-hybridized carbons (Fsp3) is 0.0714. The molecule has 3 rings (SSSR count). The second kappa shape index (κ2) is 5.11. The predicted molar refractivity (Wildman–Crippen MR) is 79.9 cm³/mol. The number of hydrogen-bond donors (Lipinski definition) is 2. The van der Waals surface area contributed by atoms with Crippen molar-refractivity contribution in [3.8, 4) is 0 Å². The molecule has 0 saturated carbocycles. The van der Waals surface area contributed by atoms with Gasteiger partial charge in [-0.15, -0.1) is 0 Å². The highest BCUT2D eigenvalue weighted by Crippen LogP contribution is 2.26. The summed E-state index contributed by atoms with van der Waals surface area (Å²) >= 11 is 11.9. The number of H-pyrrole nitrogens is 1. The Bertz CT molecular complexity index is 668. The molecule has 0 saturated heterocycles. The third-order valence-electron chi connectivity index (χ3n) is 2.81. The second-order valence-corrected chi connectivity index (χ2v) is 5.00. The molecule has 96 valence electrons. The molecule has 1 aromatic heterocycles. The van der Waals surface area contributed by atoms with E-state index in [1.165, 1.54) is 0 Å². The van der Waals surface area contributed by atoms with Crippen molar-refractivity contribution in [3.05, 3.63) is 58.3 Å². The minimum atomic E-state index is 0.517. The Balaban J connectivity index is 1.82. The summed E-state index contributed by atoms with van der Waals surface area (Å²) in [5, 5.41) is 4.34. The zero-order valence-electron chi connectivity index (χ0n) is 9.95. The van der Waals surface area contributed by atoms with Crippen LogP contribution in [-0.4, -0.2) is 9.97 Å². The predicted octanol–water partition coefficient (Wildman–Crippen LogP) is 4.48. The van der Waals surface area contributed by atoms with E-state index in [0.717, 1.165) is 22.5 Å². The normalized spacial score (nSPS) is 10.8. The number of halogens is 2. The van der Waals surface area contributed by atoms with Gasteiger partial charge in [0, 0.05) is 5.69 Å². The Labute approximate surface area is 120 Å². The van der Waals surface area contributed by atoms with Gasteiger partial charge in [-0.2, -0.15) is 0 Å². The van der Waals surface area contributed by atoms with Gasteiger partial charge in [0.1, 0.15) is 5.82 Å². The van der Waals surface area contributed by atoms with Crippen molar-refractivity contribution in [2.45, 2.75) is 6.54 Å². The van der Waals surface area contributed by atoms with Gasteiger partial charge in [0.25, 0.3) is 0 Å². The van der Waals surface area contributed by atoms with Crippen LogP contribution >= 0.6 is 23.2 Å². The summed E-state index contributed by atoms with van der Waals surface area (Å²) in [4.78, 5) is 7.69. The van der Waals surface area contributed by atoms with Crippen molar-refractivity contribution < 1.29 is 0 Å². The van der Waals surface area contributed by atoms with Gasteiger partial charge in [-0.25, -0.2) is 4.98 Å². The molecular weight excluding hydrogens is 281 g/mol. The van der Waals surface area contributed by atoms with Crippen LogP contribution in [0.4, 0.5) is 5.69 Å². The summed E-state index contributed by atoms with van der Waals surface area (Å²) in [6.45, 7) is 0.619. The lowest BCUT2D eigenvalue weighted by Gasteiger charge is -2.02. The number of nitrogens with zero attached hydrogens (tertiary/aromatic N) is 1. The summed E-state index contributed by atoms with van der Waals surface area (Å²) in [6.07, 6.45) is 0. The molecule has 0 atom stereocenters. The molecule has 0 aliphatic carbocycles. The largest absolute Gasteiger partial charge is 0.378 e. The first-order valence-electron chi connectivity index (χ1n) is 5.85. The van der Waals surface area contributed by atoms with Crippen LogP contribution < -0.4 is 5.32 Å². The van der Waals surface area contributed by atoms with Gasteiger partial charge in [0.2, 0.25) is 0 Å². The zero-order chi connectivity index (χ0) is 13.2. The molecule has 0 aliphatic rings. The van der Waals surface area contributed by atoms with Crippen LogP contribution in [0.25, 0.3) is 11.0 Å². The van der Waals surface area contributed by atoms with E-state index in [1.54, 1.807) is 12.1 Å². The fourth-order valence-corrected chi connectivity index (χ4v) is 2.20. The van der Waals surface area contributed by atoms with Crippen LogP contribution in [0.5, 0.6) is 0 Å². The van der Waals surface area contributed by atoms with Crippen LogP contribution in [0.2, 0.25) is 10.0 Å². The Morgan fingerprint density at radius 1 is 1.05 bits per heavy atom. The number of anilines is 1. The maximum absolute atomic E-state index is 5.97. The summed E-state index contributed by atoms with van der Waals surface area (Å²) in [5.41, 5.74) is 2.76. The molecule has 2 N–H and O–H groups in total. The molecule has 0 spiro atoms. The molecule has 2 aromatic carbocycles. The minimum Gasteiger partial charge on any atom is -0.378 e. The van der Waals surface area contributed by atoms with Crippen LogP contribution in [0.15, 0.2) is 42.5 Å². The third-order valence-corrected chi connectivity index (χ3v) is 3.53. The van der Waals surface area contributed by atoms with Gasteiger partial charge in [-0.1, -0.05) is 41.4 Å². The molecule has 5 heteroatoms. The fourth-order valence-electron chi connectivity index (χ4n) is 1.88. The highest BCUT2D eigenvalue weighted by molar-refractivity contribution is 6.42. The first-order chi connectivity index (χ1) is 9.22. The monoisotopic (exact) mass is 291 g/mol. The van der Waals surface area contributed by atoms with Crippen molar-refractivity contribution in [3.63, 3.8) is 0 Å². The van der Waals surface area contributed by atoms with Crippen LogP contribution in [0.3, 0.4) is 0 Å². The van der Waals surface area contributed by atoms with Gasteiger partial charge in [-0.3, -0.25) is 0 Å². The van der Waals surface area contributed by atoms with Gasteiger partial charge in [0.15, 0.2) is 0 Å². The minimum absolute atomic E-state index is 0.517.